The van der Waals surface area contributed by atoms with Gasteiger partial charge in [0.25, 0.3) is 0 Å². The third-order valence-corrected chi connectivity index (χ3v) is 3.63. The van der Waals surface area contributed by atoms with Crippen LogP contribution in [0.2, 0.25) is 0 Å². The average molecular weight is 323 g/mol. The highest BCUT2D eigenvalue weighted by Gasteiger charge is 2.09. The van der Waals surface area contributed by atoms with E-state index in [1.807, 2.05) is 12.1 Å². The minimum atomic E-state index is -1.15. The Morgan fingerprint density at radius 3 is 2.50 bits per heavy atom. The van der Waals surface area contributed by atoms with Gasteiger partial charge < -0.3 is 9.94 Å². The number of carboxylic acid groups (broad SMARTS) is 1. The van der Waals surface area contributed by atoms with Gasteiger partial charge in [0.15, 0.2) is 11.4 Å². The van der Waals surface area contributed by atoms with E-state index in [1.165, 1.54) is 11.8 Å². The van der Waals surface area contributed by atoms with Crippen molar-refractivity contribution < 1.29 is 14.7 Å². The summed E-state index contributed by atoms with van der Waals surface area (Å²) in [4.78, 5) is 17.2. The third kappa shape index (κ3) is 3.43. The van der Waals surface area contributed by atoms with Gasteiger partial charge >= 0.3 is 5.97 Å². The Hall–Kier alpha value is -3.15. The molecule has 6 heteroatoms. The second-order valence-corrected chi connectivity index (χ2v) is 5.71. The molecular weight excluding hydrogens is 306 g/mol. The van der Waals surface area contributed by atoms with Gasteiger partial charge in [0, 0.05) is 0 Å². The van der Waals surface area contributed by atoms with E-state index in [0.29, 0.717) is 11.7 Å². The molecule has 0 aliphatic rings. The predicted molar refractivity (Wildman–Crippen MR) is 89.0 cm³/mol. The molecule has 0 saturated carbocycles. The fourth-order valence-corrected chi connectivity index (χ4v) is 2.28. The van der Waals surface area contributed by atoms with Crippen LogP contribution in [0.1, 0.15) is 35.8 Å². The quantitative estimate of drug-likeness (QED) is 0.776. The molecular formula is C18H17N3O3. The second-order valence-electron chi connectivity index (χ2n) is 5.71. The summed E-state index contributed by atoms with van der Waals surface area (Å²) >= 11 is 0. The van der Waals surface area contributed by atoms with E-state index in [0.717, 1.165) is 16.0 Å². The number of hydrogen-bond donors (Lipinski definition) is 1. The van der Waals surface area contributed by atoms with Crippen LogP contribution in [0.25, 0.3) is 11.1 Å². The molecule has 0 radical (unpaired) electrons. The lowest BCUT2D eigenvalue weighted by molar-refractivity contribution is 0.0690. The van der Waals surface area contributed by atoms with E-state index in [2.05, 4.69) is 48.4 Å². The van der Waals surface area contributed by atoms with Crippen molar-refractivity contribution in [1.29, 1.82) is 0 Å². The lowest BCUT2D eigenvalue weighted by atomic mass is 9.97. The van der Waals surface area contributed by atoms with Crippen molar-refractivity contribution >= 4 is 5.97 Å². The molecule has 1 aromatic heterocycles. The number of aromatic nitrogens is 3. The van der Waals surface area contributed by atoms with Crippen LogP contribution in [0.5, 0.6) is 5.75 Å². The Kier molecular flexibility index (Phi) is 4.29. The lowest BCUT2D eigenvalue weighted by Crippen LogP contribution is -2.05. The molecule has 1 N–H and O–H groups in total. The van der Waals surface area contributed by atoms with E-state index in [4.69, 9.17) is 9.94 Å². The highest BCUT2D eigenvalue weighted by molar-refractivity contribution is 5.84. The van der Waals surface area contributed by atoms with E-state index >= 15 is 0 Å². The van der Waals surface area contributed by atoms with Gasteiger partial charge in [-0.05, 0) is 40.0 Å². The van der Waals surface area contributed by atoms with Gasteiger partial charge in [-0.25, -0.2) is 4.79 Å². The Morgan fingerprint density at radius 2 is 1.88 bits per heavy atom. The van der Waals surface area contributed by atoms with Crippen molar-refractivity contribution in [3.63, 3.8) is 0 Å². The summed E-state index contributed by atoms with van der Waals surface area (Å²) in [6.07, 6.45) is 1.21. The lowest BCUT2D eigenvalue weighted by Gasteiger charge is -2.09. The number of benzene rings is 2. The molecule has 0 saturated heterocycles. The van der Waals surface area contributed by atoms with Gasteiger partial charge in [0.2, 0.25) is 0 Å². The number of carbonyl (C=O) groups is 1. The summed E-state index contributed by atoms with van der Waals surface area (Å²) in [7, 11) is 0. The van der Waals surface area contributed by atoms with Crippen molar-refractivity contribution in [2.75, 3.05) is 0 Å². The maximum atomic E-state index is 10.8. The van der Waals surface area contributed by atoms with Gasteiger partial charge in [-0.15, -0.1) is 5.10 Å². The van der Waals surface area contributed by atoms with Gasteiger partial charge in [-0.3, -0.25) is 0 Å². The minimum Gasteiger partial charge on any atom is -0.476 e. The zero-order valence-corrected chi connectivity index (χ0v) is 13.4. The Bertz CT molecular complexity index is 854. The van der Waals surface area contributed by atoms with Crippen LogP contribution in [0.4, 0.5) is 0 Å². The van der Waals surface area contributed by atoms with Gasteiger partial charge in [0.1, 0.15) is 6.20 Å². The van der Waals surface area contributed by atoms with Gasteiger partial charge in [-0.1, -0.05) is 55.1 Å². The number of nitrogens with zero attached hydrogens (tertiary/aromatic N) is 3. The zero-order chi connectivity index (χ0) is 17.1. The molecule has 2 aromatic carbocycles. The number of carboxylic acids is 1. The molecule has 1 heterocycles. The maximum Gasteiger partial charge on any atom is 0.358 e. The minimum absolute atomic E-state index is 0.169. The largest absolute Gasteiger partial charge is 0.476 e. The number of rotatable bonds is 5. The van der Waals surface area contributed by atoms with Crippen LogP contribution in [-0.2, 0) is 0 Å². The molecule has 6 nitrogen and oxygen atoms in total. The fourth-order valence-electron chi connectivity index (χ4n) is 2.28. The molecule has 0 spiro atoms. The smallest absolute Gasteiger partial charge is 0.358 e. The van der Waals surface area contributed by atoms with Gasteiger partial charge in [0.05, 0.1) is 0 Å². The van der Waals surface area contributed by atoms with Crippen LogP contribution >= 0.6 is 0 Å². The summed E-state index contributed by atoms with van der Waals surface area (Å²) in [5, 5.41) is 15.9. The standard InChI is InChI=1S/C18H17N3O3/c1-12(2)14-4-3-5-15(10-14)13-6-8-16(9-7-13)24-21-11-17(18(22)23)19-20-21/h3-12H,1-2H3,(H,22,23). The summed E-state index contributed by atoms with van der Waals surface area (Å²) in [6.45, 7) is 4.33. The Balaban J connectivity index is 1.77. The highest BCUT2D eigenvalue weighted by Crippen LogP contribution is 2.25. The SMILES string of the molecule is CC(C)c1cccc(-c2ccc(On3cc(C(=O)O)nn3)cc2)c1. The van der Waals surface area contributed by atoms with Crippen molar-refractivity contribution in [2.24, 2.45) is 0 Å². The first-order valence-electron chi connectivity index (χ1n) is 7.57. The normalized spacial score (nSPS) is 10.8. The Morgan fingerprint density at radius 1 is 1.12 bits per heavy atom. The fraction of sp³-hybridized carbons (Fsp3) is 0.167. The van der Waals surface area contributed by atoms with Crippen LogP contribution in [-0.4, -0.2) is 26.2 Å². The first-order chi connectivity index (χ1) is 11.5. The van der Waals surface area contributed by atoms with Gasteiger partial charge in [-0.2, -0.15) is 0 Å². The van der Waals surface area contributed by atoms with Crippen LogP contribution in [0.15, 0.2) is 54.7 Å². The monoisotopic (exact) mass is 323 g/mol. The maximum absolute atomic E-state index is 10.8. The first kappa shape index (κ1) is 15.7. The molecule has 24 heavy (non-hydrogen) atoms. The van der Waals surface area contributed by atoms with Crippen LogP contribution < -0.4 is 4.84 Å². The predicted octanol–water partition coefficient (Wildman–Crippen LogP) is 3.61. The molecule has 3 rings (SSSR count). The molecule has 0 amide bonds. The zero-order valence-electron chi connectivity index (χ0n) is 13.4. The average Bonchev–Trinajstić information content (AvgIpc) is 3.04. The number of hydrogen-bond acceptors (Lipinski definition) is 4. The first-order valence-corrected chi connectivity index (χ1v) is 7.57. The van der Waals surface area contributed by atoms with Crippen molar-refractivity contribution in [3.8, 4) is 16.9 Å². The number of aromatic carboxylic acids is 1. The summed E-state index contributed by atoms with van der Waals surface area (Å²) in [6, 6.07) is 15.9. The van der Waals surface area contributed by atoms with E-state index in [-0.39, 0.29) is 5.69 Å². The highest BCUT2D eigenvalue weighted by atomic mass is 16.7. The molecule has 0 bridgehead atoms. The molecule has 0 fully saturated rings. The van der Waals surface area contributed by atoms with Crippen LogP contribution in [0.3, 0.4) is 0 Å². The molecule has 122 valence electrons. The summed E-state index contributed by atoms with van der Waals surface area (Å²) < 4.78 is 0. The summed E-state index contributed by atoms with van der Waals surface area (Å²) in [5.74, 6) is -0.130. The third-order valence-electron chi connectivity index (χ3n) is 3.63. The second kappa shape index (κ2) is 6.54. The van der Waals surface area contributed by atoms with E-state index in [9.17, 15) is 4.79 Å². The van der Waals surface area contributed by atoms with Crippen LogP contribution in [0, 0.1) is 0 Å². The van der Waals surface area contributed by atoms with Crippen molar-refractivity contribution in [2.45, 2.75) is 19.8 Å². The van der Waals surface area contributed by atoms with E-state index < -0.39 is 5.97 Å². The molecule has 0 aliphatic carbocycles. The molecule has 0 atom stereocenters. The topological polar surface area (TPSA) is 77.2 Å². The van der Waals surface area contributed by atoms with Crippen molar-refractivity contribution in [1.82, 2.24) is 15.2 Å². The molecule has 0 unspecified atom stereocenters. The Labute approximate surface area is 139 Å². The molecule has 0 aliphatic heterocycles. The summed E-state index contributed by atoms with van der Waals surface area (Å²) in [5.41, 5.74) is 3.34. The van der Waals surface area contributed by atoms with Crippen molar-refractivity contribution in [3.05, 3.63) is 66.0 Å². The van der Waals surface area contributed by atoms with E-state index in [1.54, 1.807) is 12.1 Å². The molecule has 3 aromatic rings.